The van der Waals surface area contributed by atoms with Crippen molar-refractivity contribution in [2.24, 2.45) is 0 Å². The van der Waals surface area contributed by atoms with Crippen molar-refractivity contribution in [1.29, 1.82) is 0 Å². The minimum Gasteiger partial charge on any atom is -0.494 e. The van der Waals surface area contributed by atoms with E-state index in [4.69, 9.17) is 4.74 Å². The zero-order chi connectivity index (χ0) is 10.7. The van der Waals surface area contributed by atoms with Gasteiger partial charge >= 0.3 is 0 Å². The molecule has 0 unspecified atom stereocenters. The SMILES string of the molecule is CCOc1ccc(C)c(-n2nccn2)c1. The topological polar surface area (TPSA) is 39.9 Å². The molecule has 1 aromatic heterocycles. The van der Waals surface area contributed by atoms with E-state index in [0.29, 0.717) is 6.61 Å². The molecular formula is C11H13N3O. The predicted octanol–water partition coefficient (Wildman–Crippen LogP) is 1.97. The lowest BCUT2D eigenvalue weighted by atomic mass is 10.2. The zero-order valence-corrected chi connectivity index (χ0v) is 8.84. The van der Waals surface area contributed by atoms with Gasteiger partial charge in [-0.05, 0) is 25.5 Å². The summed E-state index contributed by atoms with van der Waals surface area (Å²) in [6.45, 7) is 4.65. The van der Waals surface area contributed by atoms with Gasteiger partial charge in [-0.15, -0.1) is 0 Å². The predicted molar refractivity (Wildman–Crippen MR) is 57.3 cm³/mol. The van der Waals surface area contributed by atoms with Crippen molar-refractivity contribution < 1.29 is 4.74 Å². The number of hydrogen-bond donors (Lipinski definition) is 0. The molecule has 1 heterocycles. The van der Waals surface area contributed by atoms with Crippen molar-refractivity contribution in [2.75, 3.05) is 6.61 Å². The Morgan fingerprint density at radius 1 is 1.27 bits per heavy atom. The first-order chi connectivity index (χ1) is 7.31. The summed E-state index contributed by atoms with van der Waals surface area (Å²) in [7, 11) is 0. The third-order valence-electron chi connectivity index (χ3n) is 2.13. The minimum absolute atomic E-state index is 0.662. The van der Waals surface area contributed by atoms with Gasteiger partial charge in [-0.2, -0.15) is 15.0 Å². The average molecular weight is 203 g/mol. The van der Waals surface area contributed by atoms with Gasteiger partial charge < -0.3 is 4.74 Å². The van der Waals surface area contributed by atoms with E-state index in [1.165, 1.54) is 0 Å². The van der Waals surface area contributed by atoms with Gasteiger partial charge in [0.2, 0.25) is 0 Å². The number of benzene rings is 1. The number of hydrogen-bond acceptors (Lipinski definition) is 3. The summed E-state index contributed by atoms with van der Waals surface area (Å²) in [5.41, 5.74) is 2.07. The van der Waals surface area contributed by atoms with Crippen LogP contribution in [0.1, 0.15) is 12.5 Å². The molecule has 0 N–H and O–H groups in total. The molecule has 0 spiro atoms. The first-order valence-corrected chi connectivity index (χ1v) is 4.91. The molecule has 0 saturated carbocycles. The van der Waals surface area contributed by atoms with E-state index < -0.39 is 0 Å². The average Bonchev–Trinajstić information content (AvgIpc) is 2.74. The van der Waals surface area contributed by atoms with Gasteiger partial charge in [0.05, 0.1) is 24.7 Å². The standard InChI is InChI=1S/C11H13N3O/c1-3-15-10-5-4-9(2)11(8-10)14-12-6-7-13-14/h4-8H,3H2,1-2H3. The van der Waals surface area contributed by atoms with Crippen LogP contribution in [-0.4, -0.2) is 21.6 Å². The Morgan fingerprint density at radius 3 is 2.67 bits per heavy atom. The summed E-state index contributed by atoms with van der Waals surface area (Å²) in [6, 6.07) is 5.90. The summed E-state index contributed by atoms with van der Waals surface area (Å²) in [5, 5.41) is 8.20. The molecule has 0 saturated heterocycles. The van der Waals surface area contributed by atoms with Gasteiger partial charge in [0.15, 0.2) is 0 Å². The van der Waals surface area contributed by atoms with Gasteiger partial charge in [0, 0.05) is 6.07 Å². The molecule has 78 valence electrons. The van der Waals surface area contributed by atoms with Crippen LogP contribution < -0.4 is 4.74 Å². The quantitative estimate of drug-likeness (QED) is 0.765. The largest absolute Gasteiger partial charge is 0.494 e. The molecule has 1 aromatic carbocycles. The minimum atomic E-state index is 0.662. The van der Waals surface area contributed by atoms with Crippen LogP contribution in [0.15, 0.2) is 30.6 Å². The summed E-state index contributed by atoms with van der Waals surface area (Å²) in [5.74, 6) is 0.843. The molecule has 0 atom stereocenters. The number of aromatic nitrogens is 3. The van der Waals surface area contributed by atoms with E-state index >= 15 is 0 Å². The number of nitrogens with zero attached hydrogens (tertiary/aromatic N) is 3. The van der Waals surface area contributed by atoms with Crippen molar-refractivity contribution in [1.82, 2.24) is 15.0 Å². The molecule has 2 rings (SSSR count). The Kier molecular flexibility index (Phi) is 2.67. The van der Waals surface area contributed by atoms with E-state index in [0.717, 1.165) is 17.0 Å². The van der Waals surface area contributed by atoms with Crippen LogP contribution in [0.5, 0.6) is 5.75 Å². The summed E-state index contributed by atoms with van der Waals surface area (Å²) in [6.07, 6.45) is 3.32. The highest BCUT2D eigenvalue weighted by Gasteiger charge is 2.04. The van der Waals surface area contributed by atoms with Crippen LogP contribution in [-0.2, 0) is 0 Å². The normalized spacial score (nSPS) is 10.3. The lowest BCUT2D eigenvalue weighted by Gasteiger charge is -2.08. The third-order valence-corrected chi connectivity index (χ3v) is 2.13. The van der Waals surface area contributed by atoms with Gasteiger partial charge in [-0.1, -0.05) is 6.07 Å². The Labute approximate surface area is 88.5 Å². The molecule has 2 aromatic rings. The molecule has 0 bridgehead atoms. The lowest BCUT2D eigenvalue weighted by molar-refractivity contribution is 0.340. The molecule has 15 heavy (non-hydrogen) atoms. The van der Waals surface area contributed by atoms with Crippen LogP contribution in [0.4, 0.5) is 0 Å². The first kappa shape index (κ1) is 9.71. The molecule has 4 heteroatoms. The number of rotatable bonds is 3. The number of aryl methyl sites for hydroxylation is 1. The maximum Gasteiger partial charge on any atom is 0.121 e. The molecule has 0 radical (unpaired) electrons. The van der Waals surface area contributed by atoms with Gasteiger partial charge in [0.25, 0.3) is 0 Å². The Bertz CT molecular complexity index is 437. The molecule has 0 fully saturated rings. The number of ether oxygens (including phenoxy) is 1. The fourth-order valence-electron chi connectivity index (χ4n) is 1.40. The highest BCUT2D eigenvalue weighted by Crippen LogP contribution is 2.19. The summed E-state index contributed by atoms with van der Waals surface area (Å²) >= 11 is 0. The fourth-order valence-corrected chi connectivity index (χ4v) is 1.40. The van der Waals surface area contributed by atoms with E-state index in [1.807, 2.05) is 32.0 Å². The van der Waals surface area contributed by atoms with E-state index in [9.17, 15) is 0 Å². The Morgan fingerprint density at radius 2 is 2.00 bits per heavy atom. The second-order valence-corrected chi connectivity index (χ2v) is 3.20. The van der Waals surface area contributed by atoms with Gasteiger partial charge in [-0.25, -0.2) is 0 Å². The fraction of sp³-hybridized carbons (Fsp3) is 0.273. The van der Waals surface area contributed by atoms with E-state index in [-0.39, 0.29) is 0 Å². The molecule has 0 aliphatic carbocycles. The zero-order valence-electron chi connectivity index (χ0n) is 8.84. The second-order valence-electron chi connectivity index (χ2n) is 3.20. The van der Waals surface area contributed by atoms with Crippen LogP contribution >= 0.6 is 0 Å². The third kappa shape index (κ3) is 1.98. The highest BCUT2D eigenvalue weighted by molar-refractivity contribution is 5.44. The molecule has 0 amide bonds. The molecular weight excluding hydrogens is 190 g/mol. The van der Waals surface area contributed by atoms with Gasteiger partial charge in [0.1, 0.15) is 5.75 Å². The summed E-state index contributed by atoms with van der Waals surface area (Å²) < 4.78 is 5.43. The second kappa shape index (κ2) is 4.13. The van der Waals surface area contributed by atoms with Crippen LogP contribution in [0, 0.1) is 6.92 Å². The van der Waals surface area contributed by atoms with Crippen molar-refractivity contribution in [2.45, 2.75) is 13.8 Å². The lowest BCUT2D eigenvalue weighted by Crippen LogP contribution is -2.02. The van der Waals surface area contributed by atoms with E-state index in [1.54, 1.807) is 17.2 Å². The van der Waals surface area contributed by atoms with Crippen LogP contribution in [0.2, 0.25) is 0 Å². The smallest absolute Gasteiger partial charge is 0.121 e. The van der Waals surface area contributed by atoms with E-state index in [2.05, 4.69) is 10.2 Å². The van der Waals surface area contributed by atoms with Crippen molar-refractivity contribution >= 4 is 0 Å². The van der Waals surface area contributed by atoms with Crippen LogP contribution in [0.25, 0.3) is 5.69 Å². The Hall–Kier alpha value is -1.84. The summed E-state index contributed by atoms with van der Waals surface area (Å²) in [4.78, 5) is 1.60. The van der Waals surface area contributed by atoms with Gasteiger partial charge in [-0.3, -0.25) is 0 Å². The molecule has 0 aliphatic rings. The van der Waals surface area contributed by atoms with Crippen molar-refractivity contribution in [3.8, 4) is 11.4 Å². The molecule has 4 nitrogen and oxygen atoms in total. The molecule has 0 aliphatic heterocycles. The Balaban J connectivity index is 2.41. The first-order valence-electron chi connectivity index (χ1n) is 4.91. The monoisotopic (exact) mass is 203 g/mol. The highest BCUT2D eigenvalue weighted by atomic mass is 16.5. The van der Waals surface area contributed by atoms with Crippen LogP contribution in [0.3, 0.4) is 0 Å². The van der Waals surface area contributed by atoms with Crippen molar-refractivity contribution in [3.63, 3.8) is 0 Å². The van der Waals surface area contributed by atoms with Crippen molar-refractivity contribution in [3.05, 3.63) is 36.2 Å². The maximum atomic E-state index is 5.43. The maximum absolute atomic E-state index is 5.43.